The van der Waals surface area contributed by atoms with Crippen LogP contribution in [0.4, 0.5) is 17.1 Å². The Labute approximate surface area is 107 Å². The molecule has 0 radical (unpaired) electrons. The molecule has 0 aliphatic heterocycles. The van der Waals surface area contributed by atoms with Gasteiger partial charge >= 0.3 is 0 Å². The van der Waals surface area contributed by atoms with Gasteiger partial charge in [-0.25, -0.2) is 0 Å². The SMILES string of the molecule is O=[N+]([O-])c1ccc(N=Nc2cccc(O)c2O)cc1. The molecule has 2 N–H and O–H groups in total. The Kier molecular flexibility index (Phi) is 3.37. The van der Waals surface area contributed by atoms with Crippen LogP contribution in [0, 0.1) is 10.1 Å². The zero-order chi connectivity index (χ0) is 13.8. The van der Waals surface area contributed by atoms with Crippen LogP contribution in [0.1, 0.15) is 0 Å². The summed E-state index contributed by atoms with van der Waals surface area (Å²) in [5, 5.41) is 36.8. The van der Waals surface area contributed by atoms with Crippen molar-refractivity contribution in [2.75, 3.05) is 0 Å². The number of rotatable bonds is 3. The quantitative estimate of drug-likeness (QED) is 0.381. The van der Waals surface area contributed by atoms with Gasteiger partial charge in [0, 0.05) is 12.1 Å². The first-order valence-electron chi connectivity index (χ1n) is 5.25. The Morgan fingerprint density at radius 2 is 1.68 bits per heavy atom. The van der Waals surface area contributed by atoms with Crippen molar-refractivity contribution in [3.63, 3.8) is 0 Å². The van der Waals surface area contributed by atoms with Crippen LogP contribution in [0.5, 0.6) is 11.5 Å². The molecule has 0 atom stereocenters. The summed E-state index contributed by atoms with van der Waals surface area (Å²) in [6.07, 6.45) is 0. The maximum Gasteiger partial charge on any atom is 0.269 e. The largest absolute Gasteiger partial charge is 0.504 e. The number of phenolic OH excluding ortho intramolecular Hbond substituents is 2. The number of hydrogen-bond donors (Lipinski definition) is 2. The average molecular weight is 259 g/mol. The molecular formula is C12H9N3O4. The third kappa shape index (κ3) is 2.83. The first-order chi connectivity index (χ1) is 9.08. The number of nitro benzene ring substituents is 1. The predicted molar refractivity (Wildman–Crippen MR) is 67.0 cm³/mol. The lowest BCUT2D eigenvalue weighted by molar-refractivity contribution is -0.384. The minimum absolute atomic E-state index is 0.0425. The van der Waals surface area contributed by atoms with Crippen LogP contribution in [-0.2, 0) is 0 Å². The Morgan fingerprint density at radius 3 is 2.32 bits per heavy atom. The third-order valence-corrected chi connectivity index (χ3v) is 2.33. The van der Waals surface area contributed by atoms with Crippen molar-refractivity contribution < 1.29 is 15.1 Å². The molecular weight excluding hydrogens is 250 g/mol. The minimum atomic E-state index is -0.512. The second-order valence-electron chi connectivity index (χ2n) is 3.62. The van der Waals surface area contributed by atoms with Crippen LogP contribution < -0.4 is 0 Å². The van der Waals surface area contributed by atoms with Gasteiger partial charge in [0.05, 0.1) is 10.6 Å². The van der Waals surface area contributed by atoms with E-state index in [0.717, 1.165) is 0 Å². The topological polar surface area (TPSA) is 108 Å². The number of para-hydroxylation sites is 1. The molecule has 0 bridgehead atoms. The molecule has 0 spiro atoms. The standard InChI is InChI=1S/C12H9N3O4/c16-11-3-1-2-10(12(11)17)14-13-8-4-6-9(7-5-8)15(18)19/h1-7,16-17H. The molecule has 0 aliphatic rings. The minimum Gasteiger partial charge on any atom is -0.504 e. The number of benzene rings is 2. The molecule has 2 aromatic carbocycles. The summed E-state index contributed by atoms with van der Waals surface area (Å²) in [6.45, 7) is 0. The lowest BCUT2D eigenvalue weighted by Gasteiger charge is -1.99. The molecule has 7 heteroatoms. The summed E-state index contributed by atoms with van der Waals surface area (Å²) >= 11 is 0. The number of aromatic hydroxyl groups is 2. The molecule has 0 fully saturated rings. The molecule has 2 rings (SSSR count). The van der Waals surface area contributed by atoms with E-state index in [1.165, 1.54) is 42.5 Å². The Bertz CT molecular complexity index is 638. The van der Waals surface area contributed by atoms with Crippen LogP contribution in [0.25, 0.3) is 0 Å². The van der Waals surface area contributed by atoms with Crippen molar-refractivity contribution in [3.05, 3.63) is 52.6 Å². The van der Waals surface area contributed by atoms with Crippen molar-refractivity contribution >= 4 is 17.1 Å². The maximum atomic E-state index is 10.5. The molecule has 0 saturated heterocycles. The van der Waals surface area contributed by atoms with Crippen molar-refractivity contribution in [1.82, 2.24) is 0 Å². The van der Waals surface area contributed by atoms with E-state index in [9.17, 15) is 20.3 Å². The van der Waals surface area contributed by atoms with E-state index < -0.39 is 4.92 Å². The van der Waals surface area contributed by atoms with Crippen LogP contribution in [0.2, 0.25) is 0 Å². The van der Waals surface area contributed by atoms with Gasteiger partial charge in [0.2, 0.25) is 0 Å². The number of nitro groups is 1. The van der Waals surface area contributed by atoms with Gasteiger partial charge in [0.15, 0.2) is 11.5 Å². The fraction of sp³-hybridized carbons (Fsp3) is 0. The zero-order valence-corrected chi connectivity index (χ0v) is 9.59. The van der Waals surface area contributed by atoms with Gasteiger partial charge in [-0.1, -0.05) is 6.07 Å². The Hall–Kier alpha value is -2.96. The summed E-state index contributed by atoms with van der Waals surface area (Å²) < 4.78 is 0. The van der Waals surface area contributed by atoms with E-state index in [4.69, 9.17) is 0 Å². The summed E-state index contributed by atoms with van der Waals surface area (Å²) in [7, 11) is 0. The van der Waals surface area contributed by atoms with E-state index in [2.05, 4.69) is 10.2 Å². The summed E-state index contributed by atoms with van der Waals surface area (Å²) in [6, 6.07) is 9.78. The normalized spacial score (nSPS) is 10.7. The summed E-state index contributed by atoms with van der Waals surface area (Å²) in [5.41, 5.74) is 0.464. The molecule has 0 aliphatic carbocycles. The van der Waals surface area contributed by atoms with Crippen molar-refractivity contribution in [2.24, 2.45) is 10.2 Å². The molecule has 0 heterocycles. The Balaban J connectivity index is 2.23. The van der Waals surface area contributed by atoms with Gasteiger partial charge in [0.25, 0.3) is 5.69 Å². The van der Waals surface area contributed by atoms with E-state index in [1.54, 1.807) is 0 Å². The molecule has 0 amide bonds. The van der Waals surface area contributed by atoms with Gasteiger partial charge in [-0.15, -0.1) is 5.11 Å². The Morgan fingerprint density at radius 1 is 1.00 bits per heavy atom. The van der Waals surface area contributed by atoms with Gasteiger partial charge in [-0.3, -0.25) is 10.1 Å². The van der Waals surface area contributed by atoms with E-state index >= 15 is 0 Å². The number of azo groups is 1. The zero-order valence-electron chi connectivity index (χ0n) is 9.59. The van der Waals surface area contributed by atoms with Crippen molar-refractivity contribution in [3.8, 4) is 11.5 Å². The second kappa shape index (κ2) is 5.13. The lowest BCUT2D eigenvalue weighted by Crippen LogP contribution is -1.85. The average Bonchev–Trinajstić information content (AvgIpc) is 2.41. The molecule has 0 aromatic heterocycles. The number of non-ortho nitro benzene ring substituents is 1. The monoisotopic (exact) mass is 259 g/mol. The lowest BCUT2D eigenvalue weighted by atomic mass is 10.3. The molecule has 19 heavy (non-hydrogen) atoms. The van der Waals surface area contributed by atoms with Gasteiger partial charge in [0.1, 0.15) is 5.69 Å². The van der Waals surface area contributed by atoms with Crippen molar-refractivity contribution in [2.45, 2.75) is 0 Å². The highest BCUT2D eigenvalue weighted by atomic mass is 16.6. The van der Waals surface area contributed by atoms with E-state index in [0.29, 0.717) is 5.69 Å². The highest BCUT2D eigenvalue weighted by Gasteiger charge is 2.05. The number of phenols is 2. The van der Waals surface area contributed by atoms with Crippen LogP contribution in [-0.4, -0.2) is 15.1 Å². The van der Waals surface area contributed by atoms with Gasteiger partial charge < -0.3 is 10.2 Å². The van der Waals surface area contributed by atoms with Crippen molar-refractivity contribution in [1.29, 1.82) is 0 Å². The highest BCUT2D eigenvalue weighted by molar-refractivity contribution is 5.58. The van der Waals surface area contributed by atoms with Crippen LogP contribution >= 0.6 is 0 Å². The fourth-order valence-electron chi connectivity index (χ4n) is 1.35. The first-order valence-corrected chi connectivity index (χ1v) is 5.25. The smallest absolute Gasteiger partial charge is 0.269 e. The van der Waals surface area contributed by atoms with E-state index in [-0.39, 0.29) is 22.9 Å². The van der Waals surface area contributed by atoms with Crippen LogP contribution in [0.15, 0.2) is 52.7 Å². The maximum absolute atomic E-state index is 10.5. The molecule has 96 valence electrons. The second-order valence-corrected chi connectivity index (χ2v) is 3.62. The van der Waals surface area contributed by atoms with Gasteiger partial charge in [-0.05, 0) is 24.3 Å². The molecule has 2 aromatic rings. The predicted octanol–water partition coefficient (Wildman–Crippen LogP) is 3.42. The van der Waals surface area contributed by atoms with Crippen LogP contribution in [0.3, 0.4) is 0 Å². The molecule has 0 saturated carbocycles. The summed E-state index contributed by atoms with van der Waals surface area (Å²) in [4.78, 5) is 9.95. The summed E-state index contributed by atoms with van der Waals surface area (Å²) in [5.74, 6) is -0.659. The highest BCUT2D eigenvalue weighted by Crippen LogP contribution is 2.35. The number of hydrogen-bond acceptors (Lipinski definition) is 6. The molecule has 7 nitrogen and oxygen atoms in total. The molecule has 0 unspecified atom stereocenters. The third-order valence-electron chi connectivity index (χ3n) is 2.33. The fourth-order valence-corrected chi connectivity index (χ4v) is 1.35. The van der Waals surface area contributed by atoms with Gasteiger partial charge in [-0.2, -0.15) is 5.11 Å². The first kappa shape index (κ1) is 12.5. The van der Waals surface area contributed by atoms with E-state index in [1.807, 2.05) is 0 Å². The number of nitrogens with zero attached hydrogens (tertiary/aromatic N) is 3.